The molecule has 1 atom stereocenters. The van der Waals surface area contributed by atoms with E-state index in [1.165, 1.54) is 0 Å². The van der Waals surface area contributed by atoms with Gasteiger partial charge in [0.25, 0.3) is 5.91 Å². The van der Waals surface area contributed by atoms with Gasteiger partial charge in [-0.1, -0.05) is 19.8 Å². The Balaban J connectivity index is 2.45. The summed E-state index contributed by atoms with van der Waals surface area (Å²) in [5.74, 6) is 3.18. The number of aliphatic hydroxyl groups is 1. The Bertz CT molecular complexity index is 460. The molecule has 0 radical (unpaired) electrons. The third-order valence-electron chi connectivity index (χ3n) is 2.68. The molecule has 0 aliphatic heterocycles. The highest BCUT2D eigenvalue weighted by atomic mass is 16.5. The van der Waals surface area contributed by atoms with Crippen LogP contribution in [0.3, 0.4) is 0 Å². The summed E-state index contributed by atoms with van der Waals surface area (Å²) in [6.45, 7) is 4.51. The molecule has 0 saturated carbocycles. The fourth-order valence-electron chi connectivity index (χ4n) is 1.77. The van der Waals surface area contributed by atoms with Crippen LogP contribution in [0.5, 0.6) is 5.75 Å². The lowest BCUT2D eigenvalue weighted by atomic mass is 10.1. The quantitative estimate of drug-likeness (QED) is 0.746. The molecule has 0 saturated heterocycles. The van der Waals surface area contributed by atoms with Gasteiger partial charge in [0.1, 0.15) is 12.4 Å². The zero-order valence-corrected chi connectivity index (χ0v) is 11.9. The maximum absolute atomic E-state index is 11.9. The highest BCUT2D eigenvalue weighted by Crippen LogP contribution is 2.12. The average molecular weight is 275 g/mol. The Kier molecular flexibility index (Phi) is 6.61. The van der Waals surface area contributed by atoms with Gasteiger partial charge in [0, 0.05) is 12.1 Å². The van der Waals surface area contributed by atoms with Crippen molar-refractivity contribution in [3.8, 4) is 18.1 Å². The molecule has 0 aromatic heterocycles. The first-order valence-electron chi connectivity index (χ1n) is 6.65. The molecule has 1 rings (SSSR count). The fourth-order valence-corrected chi connectivity index (χ4v) is 1.77. The molecule has 0 aliphatic rings. The first-order chi connectivity index (χ1) is 9.52. The second kappa shape index (κ2) is 8.23. The number of hydrogen-bond acceptors (Lipinski definition) is 3. The van der Waals surface area contributed by atoms with Crippen LogP contribution >= 0.6 is 0 Å². The lowest BCUT2D eigenvalue weighted by molar-refractivity contribution is 0.0900. The van der Waals surface area contributed by atoms with E-state index in [0.717, 1.165) is 0 Å². The van der Waals surface area contributed by atoms with Crippen LogP contribution in [0.2, 0.25) is 0 Å². The number of nitrogens with one attached hydrogen (secondary N) is 1. The van der Waals surface area contributed by atoms with Gasteiger partial charge in [-0.2, -0.15) is 0 Å². The van der Waals surface area contributed by atoms with Crippen molar-refractivity contribution in [2.75, 3.05) is 13.2 Å². The third kappa shape index (κ3) is 5.77. The molecule has 108 valence electrons. The highest BCUT2D eigenvalue weighted by Gasteiger charge is 2.10. The van der Waals surface area contributed by atoms with Crippen LogP contribution in [0.15, 0.2) is 24.3 Å². The van der Waals surface area contributed by atoms with Crippen molar-refractivity contribution in [2.24, 2.45) is 5.92 Å². The van der Waals surface area contributed by atoms with Gasteiger partial charge in [-0.05, 0) is 36.6 Å². The minimum Gasteiger partial charge on any atom is -0.481 e. The monoisotopic (exact) mass is 275 g/mol. The van der Waals surface area contributed by atoms with Crippen LogP contribution in [0.4, 0.5) is 0 Å². The molecule has 1 unspecified atom stereocenters. The van der Waals surface area contributed by atoms with Crippen molar-refractivity contribution in [3.63, 3.8) is 0 Å². The molecule has 0 bridgehead atoms. The topological polar surface area (TPSA) is 58.6 Å². The van der Waals surface area contributed by atoms with Crippen molar-refractivity contribution >= 4 is 5.91 Å². The summed E-state index contributed by atoms with van der Waals surface area (Å²) in [5, 5.41) is 12.4. The lowest BCUT2D eigenvalue weighted by Gasteiger charge is -2.14. The molecule has 2 N–H and O–H groups in total. The predicted octanol–water partition coefficient (Wildman–Crippen LogP) is 1.84. The molecule has 20 heavy (non-hydrogen) atoms. The van der Waals surface area contributed by atoms with Crippen LogP contribution in [0.25, 0.3) is 0 Å². The Labute approximate surface area is 120 Å². The van der Waals surface area contributed by atoms with Crippen LogP contribution in [0, 0.1) is 18.3 Å². The maximum Gasteiger partial charge on any atom is 0.251 e. The van der Waals surface area contributed by atoms with Gasteiger partial charge < -0.3 is 15.2 Å². The maximum atomic E-state index is 11.9. The van der Waals surface area contributed by atoms with Crippen LogP contribution in [-0.4, -0.2) is 30.3 Å². The van der Waals surface area contributed by atoms with E-state index < -0.39 is 6.10 Å². The first kappa shape index (κ1) is 16.1. The normalized spacial score (nSPS) is 11.8. The third-order valence-corrected chi connectivity index (χ3v) is 2.68. The van der Waals surface area contributed by atoms with E-state index >= 15 is 0 Å². The number of carbonyl (C=O) groups is 1. The van der Waals surface area contributed by atoms with E-state index in [1.807, 2.05) is 13.8 Å². The smallest absolute Gasteiger partial charge is 0.251 e. The van der Waals surface area contributed by atoms with E-state index in [9.17, 15) is 9.90 Å². The molecule has 0 spiro atoms. The molecule has 0 heterocycles. The van der Waals surface area contributed by atoms with Gasteiger partial charge in [-0.25, -0.2) is 0 Å². The van der Waals surface area contributed by atoms with Crippen molar-refractivity contribution in [1.29, 1.82) is 0 Å². The summed E-state index contributed by atoms with van der Waals surface area (Å²) in [7, 11) is 0. The lowest BCUT2D eigenvalue weighted by Crippen LogP contribution is -2.32. The van der Waals surface area contributed by atoms with E-state index in [0.29, 0.717) is 23.7 Å². The Morgan fingerprint density at radius 3 is 2.60 bits per heavy atom. The van der Waals surface area contributed by atoms with Gasteiger partial charge in [0.05, 0.1) is 6.10 Å². The van der Waals surface area contributed by atoms with Crippen LogP contribution in [-0.2, 0) is 0 Å². The van der Waals surface area contributed by atoms with E-state index in [1.54, 1.807) is 24.3 Å². The standard InChI is InChI=1S/C16H21NO3/c1-4-9-20-15-7-5-13(6-8-15)16(19)17-11-14(18)10-12(2)3/h1,5-8,12,14,18H,9-11H2,2-3H3,(H,17,19). The summed E-state index contributed by atoms with van der Waals surface area (Å²) in [4.78, 5) is 11.9. The Morgan fingerprint density at radius 2 is 2.05 bits per heavy atom. The minimum atomic E-state index is -0.516. The molecule has 1 amide bonds. The molecule has 1 aromatic rings. The Morgan fingerprint density at radius 1 is 1.40 bits per heavy atom. The van der Waals surface area contributed by atoms with Gasteiger partial charge in [0.2, 0.25) is 0 Å². The summed E-state index contributed by atoms with van der Waals surface area (Å²) in [6, 6.07) is 6.71. The number of amides is 1. The second-order valence-corrected chi connectivity index (χ2v) is 5.01. The minimum absolute atomic E-state index is 0.201. The van der Waals surface area contributed by atoms with Gasteiger partial charge in [-0.3, -0.25) is 4.79 Å². The zero-order chi connectivity index (χ0) is 15.0. The largest absolute Gasteiger partial charge is 0.481 e. The molecule has 0 aliphatic carbocycles. The number of ether oxygens (including phenoxy) is 1. The summed E-state index contributed by atoms with van der Waals surface area (Å²) in [6.07, 6.45) is 5.24. The summed E-state index contributed by atoms with van der Waals surface area (Å²) in [5.41, 5.74) is 0.523. The number of terminal acetylenes is 1. The molecule has 4 nitrogen and oxygen atoms in total. The molecule has 1 aromatic carbocycles. The van der Waals surface area contributed by atoms with E-state index in [2.05, 4.69) is 11.2 Å². The number of benzene rings is 1. The van der Waals surface area contributed by atoms with Gasteiger partial charge in [0.15, 0.2) is 0 Å². The molecular formula is C16H21NO3. The molecule has 4 heteroatoms. The fraction of sp³-hybridized carbons (Fsp3) is 0.438. The van der Waals surface area contributed by atoms with E-state index in [-0.39, 0.29) is 19.1 Å². The van der Waals surface area contributed by atoms with Crippen molar-refractivity contribution in [3.05, 3.63) is 29.8 Å². The van der Waals surface area contributed by atoms with Crippen LogP contribution < -0.4 is 10.1 Å². The van der Waals surface area contributed by atoms with Gasteiger partial charge in [-0.15, -0.1) is 6.42 Å². The second-order valence-electron chi connectivity index (χ2n) is 5.01. The number of aliphatic hydroxyl groups excluding tert-OH is 1. The van der Waals surface area contributed by atoms with Crippen molar-refractivity contribution in [2.45, 2.75) is 26.4 Å². The first-order valence-corrected chi connectivity index (χ1v) is 6.65. The number of hydrogen-bond donors (Lipinski definition) is 2. The molecular weight excluding hydrogens is 254 g/mol. The SMILES string of the molecule is C#CCOc1ccc(C(=O)NCC(O)CC(C)C)cc1. The number of rotatable bonds is 7. The zero-order valence-electron chi connectivity index (χ0n) is 11.9. The highest BCUT2D eigenvalue weighted by molar-refractivity contribution is 5.94. The van der Waals surface area contributed by atoms with Crippen LogP contribution in [0.1, 0.15) is 30.6 Å². The summed E-state index contributed by atoms with van der Waals surface area (Å²) < 4.78 is 5.22. The van der Waals surface area contributed by atoms with Crippen molar-refractivity contribution in [1.82, 2.24) is 5.32 Å². The average Bonchev–Trinajstić information content (AvgIpc) is 2.42. The van der Waals surface area contributed by atoms with Crippen molar-refractivity contribution < 1.29 is 14.6 Å². The van der Waals surface area contributed by atoms with E-state index in [4.69, 9.17) is 11.2 Å². The Hall–Kier alpha value is -1.99. The summed E-state index contributed by atoms with van der Waals surface area (Å²) >= 11 is 0. The number of carbonyl (C=O) groups excluding carboxylic acids is 1. The van der Waals surface area contributed by atoms with Gasteiger partial charge >= 0.3 is 0 Å². The molecule has 0 fully saturated rings. The predicted molar refractivity (Wildman–Crippen MR) is 78.6 cm³/mol.